The molecule has 22 heavy (non-hydrogen) atoms. The van der Waals surface area contributed by atoms with Gasteiger partial charge in [-0.05, 0) is 24.6 Å². The molecule has 2 rings (SSSR count). The number of nitrogens with one attached hydrogen (secondary N) is 1. The highest BCUT2D eigenvalue weighted by Gasteiger charge is 2.13. The van der Waals surface area contributed by atoms with Crippen molar-refractivity contribution in [1.82, 2.24) is 15.1 Å². The SMILES string of the molecule is COCCCNC(=O)c1cc(-c2cccc(OC)c2)n(C)n1. The Kier molecular flexibility index (Phi) is 5.55. The summed E-state index contributed by atoms with van der Waals surface area (Å²) < 4.78 is 11.9. The van der Waals surface area contributed by atoms with Crippen LogP contribution in [0.1, 0.15) is 16.9 Å². The average molecular weight is 303 g/mol. The van der Waals surface area contributed by atoms with Crippen molar-refractivity contribution < 1.29 is 14.3 Å². The van der Waals surface area contributed by atoms with Crippen LogP contribution in [0.25, 0.3) is 11.3 Å². The molecule has 6 nitrogen and oxygen atoms in total. The molecule has 118 valence electrons. The first kappa shape index (κ1) is 16.0. The van der Waals surface area contributed by atoms with Crippen LogP contribution in [0, 0.1) is 0 Å². The van der Waals surface area contributed by atoms with Crippen molar-refractivity contribution in [3.63, 3.8) is 0 Å². The van der Waals surface area contributed by atoms with E-state index in [1.807, 2.05) is 31.3 Å². The van der Waals surface area contributed by atoms with E-state index < -0.39 is 0 Å². The standard InChI is InChI=1S/C16H21N3O3/c1-19-15(12-6-4-7-13(10-12)22-3)11-14(18-19)16(20)17-8-5-9-21-2/h4,6-7,10-11H,5,8-9H2,1-3H3,(H,17,20). The Morgan fingerprint density at radius 2 is 2.14 bits per heavy atom. The van der Waals surface area contributed by atoms with Crippen LogP contribution in [0.4, 0.5) is 0 Å². The second-order valence-electron chi connectivity index (χ2n) is 4.87. The first-order valence-corrected chi connectivity index (χ1v) is 7.11. The van der Waals surface area contributed by atoms with E-state index in [0.717, 1.165) is 23.4 Å². The molecule has 0 aliphatic heterocycles. The van der Waals surface area contributed by atoms with E-state index >= 15 is 0 Å². The third kappa shape index (κ3) is 3.85. The molecule has 0 saturated heterocycles. The number of methoxy groups -OCH3 is 2. The van der Waals surface area contributed by atoms with Crippen molar-refractivity contribution in [3.8, 4) is 17.0 Å². The fourth-order valence-electron chi connectivity index (χ4n) is 2.14. The van der Waals surface area contributed by atoms with Gasteiger partial charge in [-0.1, -0.05) is 12.1 Å². The van der Waals surface area contributed by atoms with Crippen LogP contribution >= 0.6 is 0 Å². The number of rotatable bonds is 7. The third-order valence-corrected chi connectivity index (χ3v) is 3.29. The summed E-state index contributed by atoms with van der Waals surface area (Å²) in [7, 11) is 5.08. The summed E-state index contributed by atoms with van der Waals surface area (Å²) in [5.41, 5.74) is 2.21. The number of nitrogens with zero attached hydrogens (tertiary/aromatic N) is 2. The molecule has 2 aromatic rings. The number of benzene rings is 1. The lowest BCUT2D eigenvalue weighted by molar-refractivity contribution is 0.0943. The quantitative estimate of drug-likeness (QED) is 0.793. The predicted molar refractivity (Wildman–Crippen MR) is 84.0 cm³/mol. The number of hydrogen-bond donors (Lipinski definition) is 1. The van der Waals surface area contributed by atoms with E-state index in [1.54, 1.807) is 25.0 Å². The molecule has 1 aromatic heterocycles. The summed E-state index contributed by atoms with van der Waals surface area (Å²) in [5, 5.41) is 7.10. The fraction of sp³-hybridized carbons (Fsp3) is 0.375. The van der Waals surface area contributed by atoms with Gasteiger partial charge < -0.3 is 14.8 Å². The van der Waals surface area contributed by atoms with Gasteiger partial charge in [-0.3, -0.25) is 9.48 Å². The molecule has 1 amide bonds. The van der Waals surface area contributed by atoms with Gasteiger partial charge in [0, 0.05) is 32.9 Å². The highest BCUT2D eigenvalue weighted by Crippen LogP contribution is 2.24. The van der Waals surface area contributed by atoms with E-state index in [9.17, 15) is 4.79 Å². The molecule has 0 spiro atoms. The molecule has 0 saturated carbocycles. The van der Waals surface area contributed by atoms with Crippen molar-refractivity contribution >= 4 is 5.91 Å². The van der Waals surface area contributed by atoms with Gasteiger partial charge in [-0.15, -0.1) is 0 Å². The highest BCUT2D eigenvalue weighted by atomic mass is 16.5. The monoisotopic (exact) mass is 303 g/mol. The molecule has 1 aromatic carbocycles. The molecule has 0 aliphatic carbocycles. The van der Waals surface area contributed by atoms with Crippen molar-refractivity contribution in [1.29, 1.82) is 0 Å². The van der Waals surface area contributed by atoms with Gasteiger partial charge in [-0.25, -0.2) is 0 Å². The summed E-state index contributed by atoms with van der Waals surface area (Å²) in [6.45, 7) is 1.19. The summed E-state index contributed by atoms with van der Waals surface area (Å²) in [6, 6.07) is 9.44. The maximum absolute atomic E-state index is 12.1. The van der Waals surface area contributed by atoms with Gasteiger partial charge in [0.1, 0.15) is 5.75 Å². The molecule has 1 heterocycles. The Labute approximate surface area is 130 Å². The number of carbonyl (C=O) groups is 1. The number of hydrogen-bond acceptors (Lipinski definition) is 4. The normalized spacial score (nSPS) is 10.5. The van der Waals surface area contributed by atoms with Crippen molar-refractivity contribution in [2.24, 2.45) is 7.05 Å². The molecule has 0 bridgehead atoms. The molecule has 0 unspecified atom stereocenters. The molecule has 0 fully saturated rings. The van der Waals surface area contributed by atoms with Gasteiger partial charge in [0.2, 0.25) is 0 Å². The highest BCUT2D eigenvalue weighted by molar-refractivity contribution is 5.93. The zero-order chi connectivity index (χ0) is 15.9. The molecular weight excluding hydrogens is 282 g/mol. The summed E-state index contributed by atoms with van der Waals surface area (Å²) >= 11 is 0. The summed E-state index contributed by atoms with van der Waals surface area (Å²) in [5.74, 6) is 0.588. The Bertz CT molecular complexity index is 637. The Morgan fingerprint density at radius 3 is 2.86 bits per heavy atom. The smallest absolute Gasteiger partial charge is 0.271 e. The van der Waals surface area contributed by atoms with Crippen LogP contribution in [-0.4, -0.2) is 43.1 Å². The number of aromatic nitrogens is 2. The maximum atomic E-state index is 12.1. The average Bonchev–Trinajstić information content (AvgIpc) is 2.93. The molecular formula is C16H21N3O3. The van der Waals surface area contributed by atoms with Crippen molar-refractivity contribution in [2.75, 3.05) is 27.4 Å². The molecule has 1 N–H and O–H groups in total. The van der Waals surface area contributed by atoms with Gasteiger partial charge in [0.05, 0.1) is 12.8 Å². The van der Waals surface area contributed by atoms with Crippen LogP contribution in [-0.2, 0) is 11.8 Å². The van der Waals surface area contributed by atoms with Crippen LogP contribution in [0.2, 0.25) is 0 Å². The molecule has 0 atom stereocenters. The number of carbonyl (C=O) groups excluding carboxylic acids is 1. The van der Waals surface area contributed by atoms with Crippen LogP contribution < -0.4 is 10.1 Å². The summed E-state index contributed by atoms with van der Waals surface area (Å²) in [4.78, 5) is 12.1. The van der Waals surface area contributed by atoms with E-state index in [2.05, 4.69) is 10.4 Å². The van der Waals surface area contributed by atoms with E-state index in [4.69, 9.17) is 9.47 Å². The second-order valence-corrected chi connectivity index (χ2v) is 4.87. The van der Waals surface area contributed by atoms with Gasteiger partial charge >= 0.3 is 0 Å². The zero-order valence-electron chi connectivity index (χ0n) is 13.1. The maximum Gasteiger partial charge on any atom is 0.271 e. The number of ether oxygens (including phenoxy) is 2. The lowest BCUT2D eigenvalue weighted by atomic mass is 10.1. The van der Waals surface area contributed by atoms with Gasteiger partial charge in [0.25, 0.3) is 5.91 Å². The number of aryl methyl sites for hydroxylation is 1. The molecule has 6 heteroatoms. The fourth-order valence-corrected chi connectivity index (χ4v) is 2.14. The van der Waals surface area contributed by atoms with Crippen molar-refractivity contribution in [2.45, 2.75) is 6.42 Å². The Morgan fingerprint density at radius 1 is 1.32 bits per heavy atom. The minimum atomic E-state index is -0.180. The molecule has 0 aliphatic rings. The first-order valence-electron chi connectivity index (χ1n) is 7.11. The van der Waals surface area contributed by atoms with Crippen molar-refractivity contribution in [3.05, 3.63) is 36.0 Å². The largest absolute Gasteiger partial charge is 0.497 e. The minimum Gasteiger partial charge on any atom is -0.497 e. The first-order chi connectivity index (χ1) is 10.7. The van der Waals surface area contributed by atoms with E-state index in [0.29, 0.717) is 18.8 Å². The minimum absolute atomic E-state index is 0.180. The lowest BCUT2D eigenvalue weighted by Crippen LogP contribution is -2.25. The topological polar surface area (TPSA) is 65.4 Å². The van der Waals surface area contributed by atoms with E-state index in [1.165, 1.54) is 0 Å². The van der Waals surface area contributed by atoms with Gasteiger partial charge in [-0.2, -0.15) is 5.10 Å². The Hall–Kier alpha value is -2.34. The summed E-state index contributed by atoms with van der Waals surface area (Å²) in [6.07, 6.45) is 0.776. The number of amides is 1. The van der Waals surface area contributed by atoms with Crippen LogP contribution in [0.3, 0.4) is 0 Å². The predicted octanol–water partition coefficient (Wildman–Crippen LogP) is 1.86. The lowest BCUT2D eigenvalue weighted by Gasteiger charge is -2.04. The third-order valence-electron chi connectivity index (χ3n) is 3.29. The van der Waals surface area contributed by atoms with Crippen LogP contribution in [0.15, 0.2) is 30.3 Å². The zero-order valence-corrected chi connectivity index (χ0v) is 13.1. The Balaban J connectivity index is 2.12. The van der Waals surface area contributed by atoms with Gasteiger partial charge in [0.15, 0.2) is 5.69 Å². The molecule has 0 radical (unpaired) electrons. The van der Waals surface area contributed by atoms with E-state index in [-0.39, 0.29) is 5.91 Å². The second kappa shape index (κ2) is 7.61. The van der Waals surface area contributed by atoms with Crippen LogP contribution in [0.5, 0.6) is 5.75 Å².